The van der Waals surface area contributed by atoms with Crippen molar-refractivity contribution in [2.45, 2.75) is 16.5 Å². The molecule has 2 atom stereocenters. The minimum Gasteiger partial charge on any atom is -0.481 e. The summed E-state index contributed by atoms with van der Waals surface area (Å²) in [6.07, 6.45) is 1.85. The lowest BCUT2D eigenvalue weighted by Crippen LogP contribution is -2.16. The molecule has 1 aromatic heterocycles. The van der Waals surface area contributed by atoms with Crippen molar-refractivity contribution < 1.29 is 14.7 Å². The number of rotatable bonds is 5. The van der Waals surface area contributed by atoms with Gasteiger partial charge in [0.05, 0.1) is 11.8 Å². The molecule has 0 radical (unpaired) electrons. The summed E-state index contributed by atoms with van der Waals surface area (Å²) in [5.41, 5.74) is 0.651. The van der Waals surface area contributed by atoms with E-state index in [0.29, 0.717) is 17.3 Å². The molecule has 1 saturated carbocycles. The first kappa shape index (κ1) is 13.6. The molecular weight excluding hydrogens is 292 g/mol. The predicted molar refractivity (Wildman–Crippen MR) is 74.8 cm³/mol. The Bertz CT molecular complexity index is 657. The zero-order chi connectivity index (χ0) is 14.8. The van der Waals surface area contributed by atoms with E-state index in [2.05, 4.69) is 20.5 Å². The molecule has 2 aromatic rings. The molecule has 0 bridgehead atoms. The fourth-order valence-corrected chi connectivity index (χ4v) is 2.65. The first-order chi connectivity index (χ1) is 10.1. The van der Waals surface area contributed by atoms with E-state index in [1.54, 1.807) is 12.1 Å². The number of nitrogens with zero attached hydrogens (tertiary/aromatic N) is 2. The number of H-pyrrole nitrogens is 1. The lowest BCUT2D eigenvalue weighted by Gasteiger charge is -2.05. The van der Waals surface area contributed by atoms with Crippen LogP contribution in [0, 0.1) is 11.8 Å². The molecule has 1 heterocycles. The summed E-state index contributed by atoms with van der Waals surface area (Å²) in [4.78, 5) is 27.5. The normalized spacial score (nSPS) is 20.0. The molecule has 1 fully saturated rings. The van der Waals surface area contributed by atoms with Crippen molar-refractivity contribution >= 4 is 29.3 Å². The van der Waals surface area contributed by atoms with E-state index in [4.69, 9.17) is 5.11 Å². The molecule has 7 nitrogen and oxygen atoms in total. The number of carbonyl (C=O) groups excluding carboxylic acids is 1. The zero-order valence-corrected chi connectivity index (χ0v) is 11.6. The Kier molecular flexibility index (Phi) is 3.61. The predicted octanol–water partition coefficient (Wildman–Crippen LogP) is 1.62. The lowest BCUT2D eigenvalue weighted by molar-refractivity contribution is -0.139. The highest BCUT2D eigenvalue weighted by Gasteiger charge is 2.48. The van der Waals surface area contributed by atoms with Gasteiger partial charge in [0.1, 0.15) is 6.33 Å². The van der Waals surface area contributed by atoms with Crippen molar-refractivity contribution in [2.75, 3.05) is 5.32 Å². The summed E-state index contributed by atoms with van der Waals surface area (Å²) in [6.45, 7) is 0. The first-order valence-electron chi connectivity index (χ1n) is 6.30. The third kappa shape index (κ3) is 3.22. The van der Waals surface area contributed by atoms with Gasteiger partial charge in [-0.2, -0.15) is 5.10 Å². The van der Waals surface area contributed by atoms with Crippen molar-refractivity contribution in [3.63, 3.8) is 0 Å². The van der Waals surface area contributed by atoms with E-state index in [9.17, 15) is 9.59 Å². The van der Waals surface area contributed by atoms with Gasteiger partial charge in [-0.25, -0.2) is 4.98 Å². The molecule has 1 aromatic carbocycles. The number of hydrogen-bond donors (Lipinski definition) is 3. The summed E-state index contributed by atoms with van der Waals surface area (Å²) < 4.78 is 0. The quantitative estimate of drug-likeness (QED) is 0.774. The fraction of sp³-hybridized carbons (Fsp3) is 0.231. The molecule has 0 saturated heterocycles. The molecule has 0 aliphatic heterocycles. The summed E-state index contributed by atoms with van der Waals surface area (Å²) >= 11 is 1.43. The van der Waals surface area contributed by atoms with Gasteiger partial charge in [-0.15, -0.1) is 0 Å². The van der Waals surface area contributed by atoms with Crippen LogP contribution in [-0.2, 0) is 9.59 Å². The molecule has 21 heavy (non-hydrogen) atoms. The molecule has 1 aliphatic carbocycles. The number of amides is 1. The van der Waals surface area contributed by atoms with Gasteiger partial charge in [-0.1, -0.05) is 11.8 Å². The van der Waals surface area contributed by atoms with Crippen LogP contribution in [0.5, 0.6) is 0 Å². The van der Waals surface area contributed by atoms with E-state index in [1.807, 2.05) is 12.1 Å². The van der Waals surface area contributed by atoms with Crippen LogP contribution in [0.3, 0.4) is 0 Å². The maximum absolute atomic E-state index is 11.8. The van der Waals surface area contributed by atoms with Crippen molar-refractivity contribution in [3.8, 4) is 0 Å². The van der Waals surface area contributed by atoms with Crippen LogP contribution in [-0.4, -0.2) is 32.2 Å². The number of carbonyl (C=O) groups is 2. The highest BCUT2D eigenvalue weighted by atomic mass is 32.2. The third-order valence-corrected chi connectivity index (χ3v) is 4.07. The fourth-order valence-electron chi connectivity index (χ4n) is 1.95. The van der Waals surface area contributed by atoms with E-state index >= 15 is 0 Å². The second-order valence-corrected chi connectivity index (χ2v) is 5.76. The highest BCUT2D eigenvalue weighted by molar-refractivity contribution is 7.99. The van der Waals surface area contributed by atoms with Gasteiger partial charge in [-0.05, 0) is 30.7 Å². The average Bonchev–Trinajstić information content (AvgIpc) is 3.13. The summed E-state index contributed by atoms with van der Waals surface area (Å²) in [5, 5.41) is 18.7. The maximum atomic E-state index is 11.8. The minimum absolute atomic E-state index is 0.238. The van der Waals surface area contributed by atoms with Gasteiger partial charge in [0, 0.05) is 10.6 Å². The molecule has 0 spiro atoms. The number of aromatic nitrogens is 3. The third-order valence-electron chi connectivity index (χ3n) is 3.17. The van der Waals surface area contributed by atoms with Crippen molar-refractivity contribution in [2.24, 2.45) is 11.8 Å². The smallest absolute Gasteiger partial charge is 0.307 e. The van der Waals surface area contributed by atoms with Crippen molar-refractivity contribution in [1.82, 2.24) is 15.2 Å². The highest BCUT2D eigenvalue weighted by Crippen LogP contribution is 2.39. The van der Waals surface area contributed by atoms with E-state index in [-0.39, 0.29) is 5.91 Å². The minimum atomic E-state index is -0.908. The van der Waals surface area contributed by atoms with Crippen LogP contribution in [0.15, 0.2) is 40.6 Å². The Morgan fingerprint density at radius 1 is 1.29 bits per heavy atom. The molecule has 8 heteroatoms. The second-order valence-electron chi connectivity index (χ2n) is 4.69. The van der Waals surface area contributed by atoms with Crippen LogP contribution in [0.4, 0.5) is 5.69 Å². The van der Waals surface area contributed by atoms with Crippen LogP contribution < -0.4 is 5.32 Å². The summed E-state index contributed by atoms with van der Waals surface area (Å²) in [5.74, 6) is -2.09. The van der Waals surface area contributed by atoms with Gasteiger partial charge in [-0.3, -0.25) is 14.7 Å². The number of anilines is 1. The van der Waals surface area contributed by atoms with E-state index < -0.39 is 17.8 Å². The Balaban J connectivity index is 1.57. The maximum Gasteiger partial charge on any atom is 0.307 e. The van der Waals surface area contributed by atoms with Crippen molar-refractivity contribution in [1.29, 1.82) is 0 Å². The number of nitrogens with one attached hydrogen (secondary N) is 2. The number of carboxylic acids is 1. The molecule has 1 aliphatic rings. The zero-order valence-electron chi connectivity index (χ0n) is 10.8. The molecule has 3 N–H and O–H groups in total. The SMILES string of the molecule is O=C(O)[C@H]1C[C@H]1C(=O)Nc1ccc(Sc2ncn[nH]2)cc1. The Morgan fingerprint density at radius 2 is 2.05 bits per heavy atom. The molecule has 0 unspecified atom stereocenters. The standard InChI is InChI=1S/C13H12N4O3S/c18-11(9-5-10(9)12(19)20)16-7-1-3-8(4-2-7)21-13-14-6-15-17-13/h1-4,6,9-10H,5H2,(H,16,18)(H,19,20)(H,14,15,17)/t9-,10+/m1/s1. The molecule has 1 amide bonds. The topological polar surface area (TPSA) is 108 Å². The van der Waals surface area contributed by atoms with Gasteiger partial charge < -0.3 is 10.4 Å². The van der Waals surface area contributed by atoms with E-state index in [0.717, 1.165) is 4.90 Å². The first-order valence-corrected chi connectivity index (χ1v) is 7.12. The largest absolute Gasteiger partial charge is 0.481 e. The van der Waals surface area contributed by atoms with Crippen LogP contribution >= 0.6 is 11.8 Å². The monoisotopic (exact) mass is 304 g/mol. The van der Waals surface area contributed by atoms with Crippen LogP contribution in [0.25, 0.3) is 0 Å². The van der Waals surface area contributed by atoms with E-state index in [1.165, 1.54) is 18.1 Å². The van der Waals surface area contributed by atoms with Crippen molar-refractivity contribution in [3.05, 3.63) is 30.6 Å². The Hall–Kier alpha value is -2.35. The van der Waals surface area contributed by atoms with Gasteiger partial charge in [0.25, 0.3) is 0 Å². The number of benzene rings is 1. The number of hydrogen-bond acceptors (Lipinski definition) is 5. The second kappa shape index (κ2) is 5.57. The van der Waals surface area contributed by atoms with Gasteiger partial charge in [0.2, 0.25) is 5.91 Å². The number of aliphatic carboxylic acids is 1. The summed E-state index contributed by atoms with van der Waals surface area (Å²) in [6, 6.07) is 7.25. The molecular formula is C13H12N4O3S. The van der Waals surface area contributed by atoms with Crippen LogP contribution in [0.1, 0.15) is 6.42 Å². The average molecular weight is 304 g/mol. The van der Waals surface area contributed by atoms with Crippen LogP contribution in [0.2, 0.25) is 0 Å². The number of aromatic amines is 1. The molecule has 108 valence electrons. The van der Waals surface area contributed by atoms with Gasteiger partial charge in [0.15, 0.2) is 5.16 Å². The lowest BCUT2D eigenvalue weighted by atomic mass is 10.2. The van der Waals surface area contributed by atoms with Gasteiger partial charge >= 0.3 is 5.97 Å². The Morgan fingerprint density at radius 3 is 2.62 bits per heavy atom. The number of carboxylic acid groups (broad SMARTS) is 1. The Labute approximate surface area is 124 Å². The summed E-state index contributed by atoms with van der Waals surface area (Å²) in [7, 11) is 0. The molecule has 3 rings (SSSR count).